The molecule has 1 aliphatic carbocycles. The van der Waals surface area contributed by atoms with Gasteiger partial charge in [-0.05, 0) is 62.8 Å². The predicted octanol–water partition coefficient (Wildman–Crippen LogP) is 3.97. The van der Waals surface area contributed by atoms with E-state index in [-0.39, 0.29) is 6.10 Å². The van der Waals surface area contributed by atoms with Crippen molar-refractivity contribution < 1.29 is 4.74 Å². The number of hydrogen-bond donors (Lipinski definition) is 1. The lowest BCUT2D eigenvalue weighted by Gasteiger charge is -2.21. The van der Waals surface area contributed by atoms with Gasteiger partial charge in [0.2, 0.25) is 0 Å². The second-order valence-electron chi connectivity index (χ2n) is 6.18. The van der Waals surface area contributed by atoms with Crippen molar-refractivity contribution in [2.24, 2.45) is 5.92 Å². The Hall–Kier alpha value is -1.02. The van der Waals surface area contributed by atoms with Gasteiger partial charge < -0.3 is 10.1 Å². The van der Waals surface area contributed by atoms with Gasteiger partial charge in [0.05, 0.1) is 6.10 Å². The molecule has 2 heteroatoms. The maximum absolute atomic E-state index is 5.68. The first-order valence-corrected chi connectivity index (χ1v) is 7.56. The lowest BCUT2D eigenvalue weighted by Crippen LogP contribution is -2.26. The van der Waals surface area contributed by atoms with Gasteiger partial charge in [-0.15, -0.1) is 0 Å². The molecule has 1 aliphatic rings. The topological polar surface area (TPSA) is 21.3 Å². The summed E-state index contributed by atoms with van der Waals surface area (Å²) in [5, 5.41) is 3.62. The van der Waals surface area contributed by atoms with Gasteiger partial charge in [0.15, 0.2) is 0 Å². The zero-order valence-corrected chi connectivity index (χ0v) is 12.6. The number of benzene rings is 1. The van der Waals surface area contributed by atoms with Gasteiger partial charge in [0.1, 0.15) is 5.75 Å². The van der Waals surface area contributed by atoms with Crippen LogP contribution < -0.4 is 10.1 Å². The van der Waals surface area contributed by atoms with E-state index in [0.29, 0.717) is 11.8 Å². The molecule has 106 valence electrons. The molecule has 1 fully saturated rings. The summed E-state index contributed by atoms with van der Waals surface area (Å²) in [6.07, 6.45) is 2.97. The van der Waals surface area contributed by atoms with Crippen LogP contribution in [0.3, 0.4) is 0 Å². The van der Waals surface area contributed by atoms with Gasteiger partial charge in [0.25, 0.3) is 0 Å². The molecule has 0 heterocycles. The van der Waals surface area contributed by atoms with E-state index in [2.05, 4.69) is 57.3 Å². The molecule has 0 amide bonds. The molecule has 0 aromatic heterocycles. The van der Waals surface area contributed by atoms with E-state index in [1.807, 2.05) is 0 Å². The summed E-state index contributed by atoms with van der Waals surface area (Å²) in [7, 11) is 0. The Bertz CT molecular complexity index is 381. The summed E-state index contributed by atoms with van der Waals surface area (Å²) in [4.78, 5) is 0. The van der Waals surface area contributed by atoms with Gasteiger partial charge in [-0.1, -0.05) is 26.0 Å². The van der Waals surface area contributed by atoms with Crippen LogP contribution in [0.15, 0.2) is 24.3 Å². The van der Waals surface area contributed by atoms with Crippen molar-refractivity contribution in [2.45, 2.75) is 58.6 Å². The molecule has 0 aliphatic heterocycles. The standard InChI is InChI=1S/C17H27NO/c1-12(2)19-17-9-5-15(6-10-17)14(4)13(3)11-18-16-7-8-16/h5-6,9-10,12-14,16,18H,7-8,11H2,1-4H3. The number of nitrogens with one attached hydrogen (secondary N) is 1. The maximum Gasteiger partial charge on any atom is 0.119 e. The SMILES string of the molecule is CC(C)Oc1ccc(C(C)C(C)CNC2CC2)cc1. The average Bonchev–Trinajstić information content (AvgIpc) is 3.19. The fourth-order valence-corrected chi connectivity index (χ4v) is 2.27. The van der Waals surface area contributed by atoms with Crippen LogP contribution >= 0.6 is 0 Å². The molecule has 0 bridgehead atoms. The quantitative estimate of drug-likeness (QED) is 0.802. The number of hydrogen-bond acceptors (Lipinski definition) is 2. The average molecular weight is 261 g/mol. The monoisotopic (exact) mass is 261 g/mol. The fraction of sp³-hybridized carbons (Fsp3) is 0.647. The van der Waals surface area contributed by atoms with Gasteiger partial charge >= 0.3 is 0 Å². The largest absolute Gasteiger partial charge is 0.491 e. The van der Waals surface area contributed by atoms with E-state index in [4.69, 9.17) is 4.74 Å². The van der Waals surface area contributed by atoms with Crippen molar-refractivity contribution in [1.82, 2.24) is 5.32 Å². The Morgan fingerprint density at radius 1 is 1.11 bits per heavy atom. The molecule has 2 nitrogen and oxygen atoms in total. The molecule has 0 spiro atoms. The first-order valence-electron chi connectivity index (χ1n) is 7.56. The van der Waals surface area contributed by atoms with Crippen LogP contribution in [0.2, 0.25) is 0 Å². The van der Waals surface area contributed by atoms with Crippen LogP contribution in [-0.4, -0.2) is 18.7 Å². The molecule has 2 rings (SSSR count). The lowest BCUT2D eigenvalue weighted by molar-refractivity contribution is 0.242. The second kappa shape index (κ2) is 6.42. The summed E-state index contributed by atoms with van der Waals surface area (Å²) in [5.74, 6) is 2.21. The molecule has 1 N–H and O–H groups in total. The Morgan fingerprint density at radius 3 is 2.26 bits per heavy atom. The minimum absolute atomic E-state index is 0.241. The molecule has 1 saturated carbocycles. The van der Waals surface area contributed by atoms with E-state index >= 15 is 0 Å². The summed E-state index contributed by atoms with van der Waals surface area (Å²) >= 11 is 0. The van der Waals surface area contributed by atoms with Gasteiger partial charge in [-0.2, -0.15) is 0 Å². The van der Waals surface area contributed by atoms with E-state index in [1.54, 1.807) is 0 Å². The molecule has 0 saturated heterocycles. The first kappa shape index (κ1) is 14.4. The van der Waals surface area contributed by atoms with Crippen molar-refractivity contribution in [3.05, 3.63) is 29.8 Å². The Morgan fingerprint density at radius 2 is 1.74 bits per heavy atom. The Labute approximate surface area is 117 Å². The normalized spacial score (nSPS) is 18.4. The van der Waals surface area contributed by atoms with Crippen LogP contribution in [0, 0.1) is 5.92 Å². The van der Waals surface area contributed by atoms with Crippen molar-refractivity contribution >= 4 is 0 Å². The van der Waals surface area contributed by atoms with Crippen molar-refractivity contribution in [1.29, 1.82) is 0 Å². The molecule has 0 radical (unpaired) electrons. The second-order valence-corrected chi connectivity index (χ2v) is 6.18. The van der Waals surface area contributed by atoms with Crippen LogP contribution in [0.5, 0.6) is 5.75 Å². The minimum Gasteiger partial charge on any atom is -0.491 e. The maximum atomic E-state index is 5.68. The van der Waals surface area contributed by atoms with Crippen LogP contribution in [0.1, 0.15) is 52.0 Å². The Kier molecular flexibility index (Phi) is 4.87. The molecular weight excluding hydrogens is 234 g/mol. The third-order valence-electron chi connectivity index (χ3n) is 3.94. The number of rotatable bonds is 7. The highest BCUT2D eigenvalue weighted by Gasteiger charge is 2.22. The summed E-state index contributed by atoms with van der Waals surface area (Å²) in [6, 6.07) is 9.39. The highest BCUT2D eigenvalue weighted by atomic mass is 16.5. The van der Waals surface area contributed by atoms with Crippen LogP contribution in [0.4, 0.5) is 0 Å². The van der Waals surface area contributed by atoms with Crippen molar-refractivity contribution in [3.63, 3.8) is 0 Å². The molecule has 1 aromatic rings. The third-order valence-corrected chi connectivity index (χ3v) is 3.94. The zero-order chi connectivity index (χ0) is 13.8. The van der Waals surface area contributed by atoms with Gasteiger partial charge in [0, 0.05) is 6.04 Å². The first-order chi connectivity index (χ1) is 9.06. The summed E-state index contributed by atoms with van der Waals surface area (Å²) in [6.45, 7) is 9.89. The highest BCUT2D eigenvalue weighted by molar-refractivity contribution is 5.29. The molecule has 19 heavy (non-hydrogen) atoms. The van der Waals surface area contributed by atoms with Gasteiger partial charge in [-0.25, -0.2) is 0 Å². The molecule has 2 unspecified atom stereocenters. The van der Waals surface area contributed by atoms with E-state index in [9.17, 15) is 0 Å². The Balaban J connectivity index is 1.88. The fourth-order valence-electron chi connectivity index (χ4n) is 2.27. The van der Waals surface area contributed by atoms with Crippen LogP contribution in [0.25, 0.3) is 0 Å². The third kappa shape index (κ3) is 4.54. The molecule has 1 aromatic carbocycles. The number of ether oxygens (including phenoxy) is 1. The van der Waals surface area contributed by atoms with E-state index in [1.165, 1.54) is 18.4 Å². The zero-order valence-electron chi connectivity index (χ0n) is 12.6. The molecular formula is C17H27NO. The van der Waals surface area contributed by atoms with Gasteiger partial charge in [-0.3, -0.25) is 0 Å². The summed E-state index contributed by atoms with van der Waals surface area (Å²) in [5.41, 5.74) is 1.40. The minimum atomic E-state index is 0.241. The van der Waals surface area contributed by atoms with Crippen molar-refractivity contribution in [3.8, 4) is 5.75 Å². The summed E-state index contributed by atoms with van der Waals surface area (Å²) < 4.78 is 5.68. The lowest BCUT2D eigenvalue weighted by atomic mass is 9.89. The molecule has 2 atom stereocenters. The smallest absolute Gasteiger partial charge is 0.119 e. The van der Waals surface area contributed by atoms with E-state index in [0.717, 1.165) is 18.3 Å². The predicted molar refractivity (Wildman–Crippen MR) is 80.8 cm³/mol. The van der Waals surface area contributed by atoms with Crippen molar-refractivity contribution in [2.75, 3.05) is 6.54 Å². The highest BCUT2D eigenvalue weighted by Crippen LogP contribution is 2.27. The van der Waals surface area contributed by atoms with E-state index < -0.39 is 0 Å². The van der Waals surface area contributed by atoms with Crippen LogP contribution in [-0.2, 0) is 0 Å².